The molecule has 7 heteroatoms. The highest BCUT2D eigenvalue weighted by molar-refractivity contribution is 7.92. The summed E-state index contributed by atoms with van der Waals surface area (Å²) >= 11 is 0. The number of hydrogen-bond acceptors (Lipinski definition) is 3. The summed E-state index contributed by atoms with van der Waals surface area (Å²) in [7, 11) is -3.61. The van der Waals surface area contributed by atoms with E-state index in [1.54, 1.807) is 0 Å². The summed E-state index contributed by atoms with van der Waals surface area (Å²) in [5.74, 6) is -0.778. The smallest absolute Gasteiger partial charge is 0.232 e. The van der Waals surface area contributed by atoms with Crippen LogP contribution in [-0.2, 0) is 21.2 Å². The third-order valence-corrected chi connectivity index (χ3v) is 4.81. The molecule has 2 aromatic carbocycles. The first-order valence-corrected chi connectivity index (χ1v) is 9.75. The number of anilines is 1. The zero-order valence-corrected chi connectivity index (χ0v) is 14.8. The van der Waals surface area contributed by atoms with Crippen LogP contribution in [0, 0.1) is 5.82 Å². The van der Waals surface area contributed by atoms with E-state index in [0.717, 1.165) is 22.2 Å². The summed E-state index contributed by atoms with van der Waals surface area (Å²) in [4.78, 5) is 12.0. The first kappa shape index (κ1) is 18.9. The van der Waals surface area contributed by atoms with Gasteiger partial charge in [-0.2, -0.15) is 0 Å². The van der Waals surface area contributed by atoms with Gasteiger partial charge in [-0.25, -0.2) is 12.8 Å². The van der Waals surface area contributed by atoms with E-state index in [0.29, 0.717) is 13.0 Å². The number of rotatable bonds is 8. The molecule has 0 aliphatic carbocycles. The van der Waals surface area contributed by atoms with Crippen molar-refractivity contribution >= 4 is 21.6 Å². The average Bonchev–Trinajstić information content (AvgIpc) is 2.55. The monoisotopic (exact) mass is 364 g/mol. The van der Waals surface area contributed by atoms with Crippen molar-refractivity contribution in [3.63, 3.8) is 0 Å². The predicted molar refractivity (Wildman–Crippen MR) is 96.4 cm³/mol. The molecule has 25 heavy (non-hydrogen) atoms. The van der Waals surface area contributed by atoms with Crippen LogP contribution in [-0.4, -0.2) is 33.7 Å². The van der Waals surface area contributed by atoms with E-state index < -0.39 is 15.8 Å². The van der Waals surface area contributed by atoms with Crippen LogP contribution in [0.15, 0.2) is 54.6 Å². The van der Waals surface area contributed by atoms with Crippen LogP contribution in [0.25, 0.3) is 0 Å². The molecule has 0 aromatic heterocycles. The second-order valence-corrected chi connectivity index (χ2v) is 7.56. The Morgan fingerprint density at radius 2 is 1.84 bits per heavy atom. The Kier molecular flexibility index (Phi) is 6.52. The summed E-state index contributed by atoms with van der Waals surface area (Å²) in [6, 6.07) is 15.0. The number of halogens is 1. The zero-order valence-electron chi connectivity index (χ0n) is 14.0. The molecule has 0 aliphatic rings. The molecule has 1 amide bonds. The molecule has 0 bridgehead atoms. The Morgan fingerprint density at radius 1 is 1.12 bits per heavy atom. The molecule has 134 valence electrons. The van der Waals surface area contributed by atoms with Gasteiger partial charge < -0.3 is 5.32 Å². The summed E-state index contributed by atoms with van der Waals surface area (Å²) in [6.07, 6.45) is 1.73. The number of benzene rings is 2. The third kappa shape index (κ3) is 6.19. The quantitative estimate of drug-likeness (QED) is 0.782. The lowest BCUT2D eigenvalue weighted by molar-refractivity contribution is -0.120. The highest BCUT2D eigenvalue weighted by Gasteiger charge is 2.18. The Bertz CT molecular complexity index is 810. The van der Waals surface area contributed by atoms with E-state index in [1.807, 2.05) is 30.3 Å². The Morgan fingerprint density at radius 3 is 2.48 bits per heavy atom. The number of nitrogens with zero attached hydrogens (tertiary/aromatic N) is 1. The molecule has 0 radical (unpaired) electrons. The van der Waals surface area contributed by atoms with Crippen molar-refractivity contribution in [2.45, 2.75) is 12.8 Å². The number of carbonyl (C=O) groups is 1. The van der Waals surface area contributed by atoms with Gasteiger partial charge in [0, 0.05) is 19.5 Å². The van der Waals surface area contributed by atoms with E-state index in [9.17, 15) is 17.6 Å². The molecule has 2 aromatic rings. The number of nitrogens with one attached hydrogen (secondary N) is 1. The van der Waals surface area contributed by atoms with Crippen molar-refractivity contribution < 1.29 is 17.6 Å². The maximum atomic E-state index is 13.3. The summed E-state index contributed by atoms with van der Waals surface area (Å²) < 4.78 is 38.2. The highest BCUT2D eigenvalue weighted by Crippen LogP contribution is 2.18. The van der Waals surface area contributed by atoms with Gasteiger partial charge in [0.2, 0.25) is 15.9 Å². The van der Waals surface area contributed by atoms with Crippen molar-refractivity contribution in [1.82, 2.24) is 5.32 Å². The molecule has 5 nitrogen and oxygen atoms in total. The van der Waals surface area contributed by atoms with Crippen molar-refractivity contribution in [1.29, 1.82) is 0 Å². The van der Waals surface area contributed by atoms with Gasteiger partial charge in [-0.3, -0.25) is 9.10 Å². The molecular weight excluding hydrogens is 343 g/mol. The standard InChI is InChI=1S/C18H21FN2O3S/c1-25(23,24)21(17-9-5-8-16(19)14-17)13-11-18(22)20-12-10-15-6-3-2-4-7-15/h2-9,14H,10-13H2,1H3,(H,20,22). The number of amides is 1. The fourth-order valence-electron chi connectivity index (χ4n) is 2.40. The third-order valence-electron chi connectivity index (χ3n) is 3.62. The molecule has 1 N–H and O–H groups in total. The first-order valence-electron chi connectivity index (χ1n) is 7.90. The maximum Gasteiger partial charge on any atom is 0.232 e. The van der Waals surface area contributed by atoms with Gasteiger partial charge in [0.1, 0.15) is 5.82 Å². The zero-order chi connectivity index (χ0) is 18.3. The van der Waals surface area contributed by atoms with Gasteiger partial charge in [0.15, 0.2) is 0 Å². The molecule has 0 aliphatic heterocycles. The van der Waals surface area contributed by atoms with Crippen LogP contribution in [0.4, 0.5) is 10.1 Å². The Hall–Kier alpha value is -2.41. The fraction of sp³-hybridized carbons (Fsp3) is 0.278. The SMILES string of the molecule is CS(=O)(=O)N(CCC(=O)NCCc1ccccc1)c1cccc(F)c1. The second-order valence-electron chi connectivity index (χ2n) is 5.65. The van der Waals surface area contributed by atoms with Crippen LogP contribution >= 0.6 is 0 Å². The normalized spacial score (nSPS) is 11.1. The highest BCUT2D eigenvalue weighted by atomic mass is 32.2. The second kappa shape index (κ2) is 8.62. The largest absolute Gasteiger partial charge is 0.356 e. The molecule has 0 fully saturated rings. The lowest BCUT2D eigenvalue weighted by atomic mass is 10.1. The minimum absolute atomic E-state index is 0.00161. The Labute approximate surface area is 147 Å². The molecular formula is C18H21FN2O3S. The van der Waals surface area contributed by atoms with Crippen molar-refractivity contribution in [3.05, 3.63) is 66.0 Å². The Balaban J connectivity index is 1.89. The van der Waals surface area contributed by atoms with Gasteiger partial charge >= 0.3 is 0 Å². The van der Waals surface area contributed by atoms with Gasteiger partial charge in [-0.15, -0.1) is 0 Å². The molecule has 0 saturated heterocycles. The maximum absolute atomic E-state index is 13.3. The van der Waals surface area contributed by atoms with Crippen molar-refractivity contribution in [2.75, 3.05) is 23.7 Å². The van der Waals surface area contributed by atoms with E-state index >= 15 is 0 Å². The predicted octanol–water partition coefficient (Wildman–Crippen LogP) is 2.34. The topological polar surface area (TPSA) is 66.5 Å². The average molecular weight is 364 g/mol. The van der Waals surface area contributed by atoms with E-state index in [2.05, 4.69) is 5.32 Å². The molecule has 2 rings (SSSR count). The molecule has 0 spiro atoms. The molecule has 0 saturated carbocycles. The van der Waals surface area contributed by atoms with Crippen LogP contribution in [0.3, 0.4) is 0 Å². The van der Waals surface area contributed by atoms with Crippen molar-refractivity contribution in [2.24, 2.45) is 0 Å². The first-order chi connectivity index (χ1) is 11.9. The van der Waals surface area contributed by atoms with Gasteiger partial charge in [-0.1, -0.05) is 36.4 Å². The number of hydrogen-bond donors (Lipinski definition) is 1. The molecule has 0 unspecified atom stereocenters. The van der Waals surface area contributed by atoms with Crippen LogP contribution < -0.4 is 9.62 Å². The van der Waals surface area contributed by atoms with E-state index in [4.69, 9.17) is 0 Å². The summed E-state index contributed by atoms with van der Waals surface area (Å²) in [5, 5.41) is 2.77. The number of sulfonamides is 1. The van der Waals surface area contributed by atoms with E-state index in [1.165, 1.54) is 18.2 Å². The van der Waals surface area contributed by atoms with Gasteiger partial charge in [-0.05, 0) is 30.2 Å². The summed E-state index contributed by atoms with van der Waals surface area (Å²) in [5.41, 5.74) is 1.32. The minimum atomic E-state index is -3.61. The van der Waals surface area contributed by atoms with Gasteiger partial charge in [0.05, 0.1) is 11.9 Å². The van der Waals surface area contributed by atoms with Gasteiger partial charge in [0.25, 0.3) is 0 Å². The lowest BCUT2D eigenvalue weighted by Crippen LogP contribution is -2.35. The summed E-state index contributed by atoms with van der Waals surface area (Å²) in [6.45, 7) is 0.432. The number of carbonyl (C=O) groups excluding carboxylic acids is 1. The van der Waals surface area contributed by atoms with Crippen molar-refractivity contribution in [3.8, 4) is 0 Å². The minimum Gasteiger partial charge on any atom is -0.356 e. The van der Waals surface area contributed by atoms with Crippen LogP contribution in [0.1, 0.15) is 12.0 Å². The van der Waals surface area contributed by atoms with Crippen LogP contribution in [0.5, 0.6) is 0 Å². The fourth-order valence-corrected chi connectivity index (χ4v) is 3.32. The molecule has 0 atom stereocenters. The lowest BCUT2D eigenvalue weighted by Gasteiger charge is -2.22. The molecule has 0 heterocycles. The van der Waals surface area contributed by atoms with E-state index in [-0.39, 0.29) is 24.6 Å². The van der Waals surface area contributed by atoms with Crippen LogP contribution in [0.2, 0.25) is 0 Å².